The summed E-state index contributed by atoms with van der Waals surface area (Å²) in [6.45, 7) is 6.05. The van der Waals surface area contributed by atoms with Gasteiger partial charge in [-0.1, -0.05) is 43.8 Å². The molecule has 1 aliphatic heterocycles. The smallest absolute Gasteiger partial charge is 0.0457 e. The second-order valence-electron chi connectivity index (χ2n) is 3.64. The van der Waals surface area contributed by atoms with Crippen molar-refractivity contribution >= 4 is 5.70 Å². The molecule has 0 spiro atoms. The molecule has 1 heterocycles. The van der Waals surface area contributed by atoms with E-state index in [2.05, 4.69) is 49.2 Å². The molecule has 76 valence electrons. The first-order valence-corrected chi connectivity index (χ1v) is 5.23. The molecule has 1 aliphatic rings. The molecule has 0 aromatic heterocycles. The lowest BCUT2D eigenvalue weighted by molar-refractivity contribution is 1.11. The van der Waals surface area contributed by atoms with E-state index in [0.717, 1.165) is 17.8 Å². The average molecular weight is 197 g/mol. The van der Waals surface area contributed by atoms with Crippen LogP contribution < -0.4 is 5.32 Å². The van der Waals surface area contributed by atoms with Crippen molar-refractivity contribution in [1.29, 1.82) is 0 Å². The Kier molecular flexibility index (Phi) is 2.72. The van der Waals surface area contributed by atoms with Crippen LogP contribution in [0.15, 0.2) is 54.8 Å². The SMILES string of the molecule is C=C1C=CC=C(c2ccc(CC)cc2)N1. The van der Waals surface area contributed by atoms with Gasteiger partial charge in [0.25, 0.3) is 0 Å². The van der Waals surface area contributed by atoms with Crippen LogP contribution in [0.3, 0.4) is 0 Å². The monoisotopic (exact) mass is 197 g/mol. The van der Waals surface area contributed by atoms with Gasteiger partial charge in [0.15, 0.2) is 0 Å². The highest BCUT2D eigenvalue weighted by molar-refractivity contribution is 5.69. The minimum absolute atomic E-state index is 0.937. The molecule has 1 N–H and O–H groups in total. The van der Waals surface area contributed by atoms with E-state index in [1.54, 1.807) is 0 Å². The van der Waals surface area contributed by atoms with Gasteiger partial charge in [-0.2, -0.15) is 0 Å². The summed E-state index contributed by atoms with van der Waals surface area (Å²) < 4.78 is 0. The third kappa shape index (κ3) is 2.18. The third-order valence-electron chi connectivity index (χ3n) is 2.53. The number of hydrogen-bond donors (Lipinski definition) is 1. The summed E-state index contributed by atoms with van der Waals surface area (Å²) >= 11 is 0. The lowest BCUT2D eigenvalue weighted by atomic mass is 10.1. The summed E-state index contributed by atoms with van der Waals surface area (Å²) in [6, 6.07) is 8.62. The third-order valence-corrected chi connectivity index (χ3v) is 2.53. The van der Waals surface area contributed by atoms with Crippen molar-refractivity contribution < 1.29 is 0 Å². The number of allylic oxidation sites excluding steroid dienone is 3. The fraction of sp³-hybridized carbons (Fsp3) is 0.143. The van der Waals surface area contributed by atoms with E-state index in [-0.39, 0.29) is 0 Å². The van der Waals surface area contributed by atoms with Crippen LogP contribution in [0, 0.1) is 0 Å². The lowest BCUT2D eigenvalue weighted by Gasteiger charge is -2.14. The number of dihydropyridines is 1. The highest BCUT2D eigenvalue weighted by atomic mass is 14.9. The maximum absolute atomic E-state index is 3.88. The van der Waals surface area contributed by atoms with Crippen molar-refractivity contribution in [1.82, 2.24) is 5.32 Å². The summed E-state index contributed by atoms with van der Waals surface area (Å²) in [6.07, 6.45) is 7.13. The quantitative estimate of drug-likeness (QED) is 0.767. The Hall–Kier alpha value is -1.76. The van der Waals surface area contributed by atoms with Crippen LogP contribution in [0.2, 0.25) is 0 Å². The van der Waals surface area contributed by atoms with Crippen molar-refractivity contribution in [3.63, 3.8) is 0 Å². The Morgan fingerprint density at radius 1 is 1.20 bits per heavy atom. The first-order chi connectivity index (χ1) is 7.29. The molecular formula is C14H15N. The molecule has 1 aromatic rings. The Balaban J connectivity index is 2.26. The molecule has 0 radical (unpaired) electrons. The van der Waals surface area contributed by atoms with Crippen LogP contribution in [-0.4, -0.2) is 0 Å². The van der Waals surface area contributed by atoms with Gasteiger partial charge in [-0.25, -0.2) is 0 Å². The van der Waals surface area contributed by atoms with Gasteiger partial charge in [-0.15, -0.1) is 0 Å². The molecule has 0 saturated heterocycles. The lowest BCUT2D eigenvalue weighted by Crippen LogP contribution is -2.11. The second-order valence-corrected chi connectivity index (χ2v) is 3.64. The molecular weight excluding hydrogens is 182 g/mol. The Labute approximate surface area is 90.8 Å². The summed E-state index contributed by atoms with van der Waals surface area (Å²) in [5.41, 5.74) is 4.62. The van der Waals surface area contributed by atoms with E-state index in [0.29, 0.717) is 0 Å². The van der Waals surface area contributed by atoms with Gasteiger partial charge < -0.3 is 5.32 Å². The molecule has 0 saturated carbocycles. The number of nitrogens with one attached hydrogen (secondary N) is 1. The van der Waals surface area contributed by atoms with Gasteiger partial charge in [0.1, 0.15) is 0 Å². The maximum atomic E-state index is 3.88. The van der Waals surface area contributed by atoms with E-state index in [9.17, 15) is 0 Å². The highest BCUT2D eigenvalue weighted by Gasteiger charge is 2.03. The fourth-order valence-corrected chi connectivity index (χ4v) is 1.61. The number of aryl methyl sites for hydroxylation is 1. The summed E-state index contributed by atoms with van der Waals surface area (Å²) in [5.74, 6) is 0. The molecule has 1 heteroatoms. The molecule has 1 aromatic carbocycles. The van der Waals surface area contributed by atoms with Crippen molar-refractivity contribution in [2.24, 2.45) is 0 Å². The minimum Gasteiger partial charge on any atom is -0.356 e. The predicted octanol–water partition coefficient (Wildman–Crippen LogP) is 3.26. The number of hydrogen-bond acceptors (Lipinski definition) is 1. The largest absolute Gasteiger partial charge is 0.356 e. The molecule has 0 amide bonds. The molecule has 2 rings (SSSR count). The highest BCUT2D eigenvalue weighted by Crippen LogP contribution is 2.17. The summed E-state index contributed by atoms with van der Waals surface area (Å²) in [4.78, 5) is 0. The van der Waals surface area contributed by atoms with Crippen LogP contribution in [0.4, 0.5) is 0 Å². The van der Waals surface area contributed by atoms with E-state index < -0.39 is 0 Å². The van der Waals surface area contributed by atoms with Crippen LogP contribution in [0.25, 0.3) is 5.70 Å². The summed E-state index contributed by atoms with van der Waals surface area (Å²) in [5, 5.41) is 3.25. The van der Waals surface area contributed by atoms with Crippen LogP contribution >= 0.6 is 0 Å². The number of rotatable bonds is 2. The predicted molar refractivity (Wildman–Crippen MR) is 65.2 cm³/mol. The average Bonchev–Trinajstić information content (AvgIpc) is 2.29. The zero-order valence-corrected chi connectivity index (χ0v) is 8.96. The van der Waals surface area contributed by atoms with Crippen LogP contribution in [-0.2, 0) is 6.42 Å². The molecule has 0 unspecified atom stereocenters. The van der Waals surface area contributed by atoms with Crippen molar-refractivity contribution in [2.45, 2.75) is 13.3 Å². The Morgan fingerprint density at radius 2 is 1.93 bits per heavy atom. The minimum atomic E-state index is 0.937. The van der Waals surface area contributed by atoms with Crippen molar-refractivity contribution in [3.05, 3.63) is 65.9 Å². The van der Waals surface area contributed by atoms with Gasteiger partial charge in [0.05, 0.1) is 0 Å². The first-order valence-electron chi connectivity index (χ1n) is 5.23. The van der Waals surface area contributed by atoms with E-state index in [1.165, 1.54) is 11.1 Å². The zero-order valence-electron chi connectivity index (χ0n) is 8.96. The van der Waals surface area contributed by atoms with Gasteiger partial charge in [0, 0.05) is 11.4 Å². The topological polar surface area (TPSA) is 12.0 Å². The van der Waals surface area contributed by atoms with Crippen LogP contribution in [0.5, 0.6) is 0 Å². The number of benzene rings is 1. The molecule has 0 atom stereocenters. The van der Waals surface area contributed by atoms with Crippen LogP contribution in [0.1, 0.15) is 18.1 Å². The molecule has 0 bridgehead atoms. The Morgan fingerprint density at radius 3 is 2.53 bits per heavy atom. The van der Waals surface area contributed by atoms with Crippen molar-refractivity contribution in [2.75, 3.05) is 0 Å². The fourth-order valence-electron chi connectivity index (χ4n) is 1.61. The van der Waals surface area contributed by atoms with Gasteiger partial charge in [0.2, 0.25) is 0 Å². The first kappa shape index (κ1) is 9.78. The molecule has 0 aliphatic carbocycles. The Bertz CT molecular complexity index is 421. The molecule has 15 heavy (non-hydrogen) atoms. The standard InChI is InChI=1S/C14H15N/c1-3-12-7-9-13(10-8-12)14-6-4-5-11(2)15-14/h4-10,15H,2-3H2,1H3. The van der Waals surface area contributed by atoms with E-state index in [4.69, 9.17) is 0 Å². The molecule has 1 nitrogen and oxygen atoms in total. The second kappa shape index (κ2) is 4.18. The molecule has 0 fully saturated rings. The zero-order chi connectivity index (χ0) is 10.7. The van der Waals surface area contributed by atoms with Gasteiger partial charge in [-0.3, -0.25) is 0 Å². The van der Waals surface area contributed by atoms with Crippen molar-refractivity contribution in [3.8, 4) is 0 Å². The normalized spacial score (nSPS) is 14.7. The summed E-state index contributed by atoms with van der Waals surface area (Å²) in [7, 11) is 0. The van der Waals surface area contributed by atoms with E-state index in [1.807, 2.05) is 12.2 Å². The maximum Gasteiger partial charge on any atom is 0.0457 e. The van der Waals surface area contributed by atoms with E-state index >= 15 is 0 Å². The van der Waals surface area contributed by atoms with Gasteiger partial charge >= 0.3 is 0 Å². The van der Waals surface area contributed by atoms with Gasteiger partial charge in [-0.05, 0) is 29.7 Å².